The van der Waals surface area contributed by atoms with Gasteiger partial charge in [0.2, 0.25) is 0 Å². The van der Waals surface area contributed by atoms with Gasteiger partial charge < -0.3 is 5.11 Å². The summed E-state index contributed by atoms with van der Waals surface area (Å²) in [5, 5.41) is 8.55. The molecule has 0 heterocycles. The predicted octanol–water partition coefficient (Wildman–Crippen LogP) is 6.42. The summed E-state index contributed by atoms with van der Waals surface area (Å²) < 4.78 is 0. The molecule has 0 bridgehead atoms. The molecular weight excluding hydrogens is 320 g/mol. The number of hydrogen-bond donors (Lipinski definition) is 1. The highest BCUT2D eigenvalue weighted by Gasteiger charge is 1.99. The van der Waals surface area contributed by atoms with Gasteiger partial charge in [0.05, 0.1) is 0 Å². The zero-order chi connectivity index (χ0) is 19.6. The zero-order valence-corrected chi connectivity index (χ0v) is 15.1. The molecule has 0 fully saturated rings. The third kappa shape index (κ3) is 12.1. The van der Waals surface area contributed by atoms with Gasteiger partial charge in [0.15, 0.2) is 0 Å². The number of carboxylic acid groups (broad SMARTS) is 1. The van der Waals surface area contributed by atoms with E-state index in [1.165, 1.54) is 5.56 Å². The van der Waals surface area contributed by atoms with Gasteiger partial charge in [-0.1, -0.05) is 117 Å². The number of hydrogen-bond acceptors (Lipinski definition) is 1. The summed E-state index contributed by atoms with van der Waals surface area (Å²) in [6.07, 6.45) is 9.17. The average Bonchev–Trinajstić information content (AvgIpc) is 2.70. The van der Waals surface area contributed by atoms with Crippen LogP contribution >= 0.6 is 0 Å². The first kappa shape index (κ1) is 22.6. The second-order valence-electron chi connectivity index (χ2n) is 5.01. The summed E-state index contributed by atoms with van der Waals surface area (Å²) in [6.45, 7) is 13.8. The van der Waals surface area contributed by atoms with Crippen LogP contribution in [0, 0.1) is 0 Å². The Hall–Kier alpha value is -3.39. The molecule has 2 rings (SSSR count). The lowest BCUT2D eigenvalue weighted by Gasteiger charge is -1.93. The van der Waals surface area contributed by atoms with Crippen molar-refractivity contribution in [3.63, 3.8) is 0 Å². The number of aliphatic carboxylic acids is 1. The van der Waals surface area contributed by atoms with Gasteiger partial charge in [0, 0.05) is 5.57 Å². The fourth-order valence-corrected chi connectivity index (χ4v) is 1.58. The van der Waals surface area contributed by atoms with Crippen molar-refractivity contribution in [1.29, 1.82) is 0 Å². The van der Waals surface area contributed by atoms with E-state index < -0.39 is 5.97 Å². The molecule has 0 amide bonds. The zero-order valence-electron chi connectivity index (χ0n) is 15.1. The Morgan fingerprint density at radius 3 is 1.65 bits per heavy atom. The second kappa shape index (κ2) is 15.2. The minimum atomic E-state index is -0.942. The van der Waals surface area contributed by atoms with Gasteiger partial charge in [-0.15, -0.1) is 0 Å². The first-order valence-electron chi connectivity index (χ1n) is 8.08. The number of allylic oxidation sites excluding steroid dienone is 3. The maximum atomic E-state index is 10.4. The van der Waals surface area contributed by atoms with Gasteiger partial charge in [0.1, 0.15) is 0 Å². The van der Waals surface area contributed by atoms with Crippen LogP contribution in [0.25, 0.3) is 12.2 Å². The first-order chi connectivity index (χ1) is 12.5. The third-order valence-corrected chi connectivity index (χ3v) is 2.98. The fraction of sp³-hybridized carbons (Fsp3) is 0.0417. The summed E-state index contributed by atoms with van der Waals surface area (Å²) in [5.74, 6) is -0.942. The molecular formula is C24H26O2. The molecule has 0 radical (unpaired) electrons. The van der Waals surface area contributed by atoms with Gasteiger partial charge in [0.25, 0.3) is 0 Å². The van der Waals surface area contributed by atoms with Crippen LogP contribution in [-0.4, -0.2) is 11.1 Å². The van der Waals surface area contributed by atoms with E-state index >= 15 is 0 Å². The maximum Gasteiger partial charge on any atom is 0.331 e. The van der Waals surface area contributed by atoms with Crippen molar-refractivity contribution < 1.29 is 9.90 Å². The van der Waals surface area contributed by atoms with E-state index in [-0.39, 0.29) is 5.57 Å². The molecule has 0 atom stereocenters. The van der Waals surface area contributed by atoms with E-state index in [1.807, 2.05) is 72.8 Å². The summed E-state index contributed by atoms with van der Waals surface area (Å²) in [6, 6.07) is 19.8. The molecule has 0 aromatic heterocycles. The molecule has 2 heteroatoms. The van der Waals surface area contributed by atoms with E-state index in [4.69, 9.17) is 5.11 Å². The summed E-state index contributed by atoms with van der Waals surface area (Å²) >= 11 is 0. The van der Waals surface area contributed by atoms with Crippen LogP contribution in [0.3, 0.4) is 0 Å². The molecule has 0 aliphatic heterocycles. The molecule has 2 aromatic rings. The topological polar surface area (TPSA) is 37.3 Å². The summed E-state index contributed by atoms with van der Waals surface area (Å²) in [4.78, 5) is 10.4. The Kier molecular flexibility index (Phi) is 13.2. The molecule has 2 aromatic carbocycles. The average molecular weight is 346 g/mol. The molecule has 0 saturated heterocycles. The van der Waals surface area contributed by atoms with Crippen molar-refractivity contribution in [3.8, 4) is 0 Å². The van der Waals surface area contributed by atoms with E-state index in [9.17, 15) is 4.79 Å². The number of benzene rings is 2. The molecule has 134 valence electrons. The Morgan fingerprint density at radius 1 is 0.846 bits per heavy atom. The lowest BCUT2D eigenvalue weighted by atomic mass is 10.1. The minimum absolute atomic E-state index is 0.206. The molecule has 0 saturated carbocycles. The van der Waals surface area contributed by atoms with Gasteiger partial charge in [-0.2, -0.15) is 0 Å². The molecule has 1 N–H and O–H groups in total. The Bertz CT molecular complexity index is 704. The largest absolute Gasteiger partial charge is 0.478 e. The Morgan fingerprint density at radius 2 is 1.31 bits per heavy atom. The van der Waals surface area contributed by atoms with Gasteiger partial charge in [-0.25, -0.2) is 4.79 Å². The highest BCUT2D eigenvalue weighted by Crippen LogP contribution is 2.05. The van der Waals surface area contributed by atoms with E-state index in [1.54, 1.807) is 18.2 Å². The Labute approximate surface area is 156 Å². The number of carboxylic acids is 1. The van der Waals surface area contributed by atoms with E-state index in [0.29, 0.717) is 6.42 Å². The van der Waals surface area contributed by atoms with E-state index in [0.717, 1.165) is 5.56 Å². The molecule has 26 heavy (non-hydrogen) atoms. The molecule has 0 spiro atoms. The van der Waals surface area contributed by atoms with Crippen molar-refractivity contribution >= 4 is 18.1 Å². The molecule has 0 aliphatic rings. The lowest BCUT2D eigenvalue weighted by Crippen LogP contribution is -1.96. The summed E-state index contributed by atoms with van der Waals surface area (Å²) in [7, 11) is 0. The van der Waals surface area contributed by atoms with Crippen LogP contribution in [0.4, 0.5) is 0 Å². The highest BCUT2D eigenvalue weighted by molar-refractivity contribution is 5.86. The Balaban J connectivity index is 0.000000437. The number of carbonyl (C=O) groups is 1. The quantitative estimate of drug-likeness (QED) is 0.484. The van der Waals surface area contributed by atoms with Crippen LogP contribution < -0.4 is 0 Å². The SMILES string of the molecule is C=C(CC=Cc1ccccc1)C(=O)O.C=CC=C.C=Cc1ccccc1. The van der Waals surface area contributed by atoms with Crippen LogP contribution in [-0.2, 0) is 4.79 Å². The van der Waals surface area contributed by atoms with Gasteiger partial charge in [-0.05, 0) is 17.5 Å². The normalized spacial score (nSPS) is 8.92. The maximum absolute atomic E-state index is 10.4. The second-order valence-corrected chi connectivity index (χ2v) is 5.01. The smallest absolute Gasteiger partial charge is 0.331 e. The monoisotopic (exact) mass is 346 g/mol. The van der Waals surface area contributed by atoms with Crippen LogP contribution in [0.5, 0.6) is 0 Å². The minimum Gasteiger partial charge on any atom is -0.478 e. The van der Waals surface area contributed by atoms with Gasteiger partial charge >= 0.3 is 5.97 Å². The van der Waals surface area contributed by atoms with Crippen molar-refractivity contribution in [2.45, 2.75) is 6.42 Å². The van der Waals surface area contributed by atoms with Crippen molar-refractivity contribution in [1.82, 2.24) is 0 Å². The predicted molar refractivity (Wildman–Crippen MR) is 114 cm³/mol. The van der Waals surface area contributed by atoms with Crippen LogP contribution in [0.2, 0.25) is 0 Å². The fourth-order valence-electron chi connectivity index (χ4n) is 1.58. The molecule has 0 unspecified atom stereocenters. The standard InChI is InChI=1S/C12H12O2.C8H8.C4H6/c1-10(12(13)14)6-5-9-11-7-3-2-4-8-11;1-2-8-6-4-3-5-7-8;1-3-4-2/h2-5,7-9H,1,6H2,(H,13,14);2-7H,1H2;3-4H,1-2H2. The van der Waals surface area contributed by atoms with Gasteiger partial charge in [-0.3, -0.25) is 0 Å². The van der Waals surface area contributed by atoms with E-state index in [2.05, 4.69) is 26.3 Å². The van der Waals surface area contributed by atoms with Crippen molar-refractivity contribution in [2.24, 2.45) is 0 Å². The first-order valence-corrected chi connectivity index (χ1v) is 8.08. The molecule has 0 aliphatic carbocycles. The highest BCUT2D eigenvalue weighted by atomic mass is 16.4. The molecule has 2 nitrogen and oxygen atoms in total. The number of rotatable bonds is 6. The van der Waals surface area contributed by atoms with Crippen LogP contribution in [0.15, 0.2) is 111 Å². The van der Waals surface area contributed by atoms with Crippen molar-refractivity contribution in [2.75, 3.05) is 0 Å². The van der Waals surface area contributed by atoms with Crippen LogP contribution in [0.1, 0.15) is 17.5 Å². The lowest BCUT2D eigenvalue weighted by molar-refractivity contribution is -0.132. The third-order valence-electron chi connectivity index (χ3n) is 2.98. The summed E-state index contributed by atoms with van der Waals surface area (Å²) in [5.41, 5.74) is 2.44. The van der Waals surface area contributed by atoms with Crippen molar-refractivity contribution in [3.05, 3.63) is 122 Å².